The maximum absolute atomic E-state index is 12.2. The first kappa shape index (κ1) is 22.4. The van der Waals surface area contributed by atoms with E-state index < -0.39 is 0 Å². The standard InChI is InChI=1S/C27H24ClN3O2/c1-19-16-23(17-29-30-27(32)21-8-4-3-5-9-21)20(2)31(19)24-12-14-25(15-13-24)33-18-22-10-6-7-11-26(22)28/h3-17H,18H2,1-2H3,(H,30,32)/b29-17+. The van der Waals surface area contributed by atoms with E-state index in [4.69, 9.17) is 16.3 Å². The first-order valence-corrected chi connectivity index (χ1v) is 10.9. The lowest BCUT2D eigenvalue weighted by Gasteiger charge is -2.12. The van der Waals surface area contributed by atoms with E-state index in [-0.39, 0.29) is 5.91 Å². The van der Waals surface area contributed by atoms with Crippen molar-refractivity contribution >= 4 is 23.7 Å². The number of carbonyl (C=O) groups is 1. The molecule has 0 fully saturated rings. The molecule has 0 radical (unpaired) electrons. The first-order valence-electron chi connectivity index (χ1n) is 10.6. The number of amides is 1. The monoisotopic (exact) mass is 457 g/mol. The molecule has 33 heavy (non-hydrogen) atoms. The highest BCUT2D eigenvalue weighted by Crippen LogP contribution is 2.23. The zero-order valence-electron chi connectivity index (χ0n) is 18.5. The number of nitrogens with zero attached hydrogens (tertiary/aromatic N) is 2. The molecule has 0 aliphatic rings. The number of benzene rings is 3. The summed E-state index contributed by atoms with van der Waals surface area (Å²) in [5.41, 5.74) is 8.13. The maximum Gasteiger partial charge on any atom is 0.271 e. The van der Waals surface area contributed by atoms with E-state index in [2.05, 4.69) is 15.1 Å². The molecule has 0 saturated carbocycles. The zero-order valence-corrected chi connectivity index (χ0v) is 19.2. The Labute approximate surface area is 198 Å². The molecule has 6 heteroatoms. The lowest BCUT2D eigenvalue weighted by molar-refractivity contribution is 0.0955. The molecule has 0 atom stereocenters. The van der Waals surface area contributed by atoms with Gasteiger partial charge in [0.1, 0.15) is 12.4 Å². The van der Waals surface area contributed by atoms with Gasteiger partial charge in [0.15, 0.2) is 0 Å². The molecule has 4 aromatic rings. The van der Waals surface area contributed by atoms with E-state index in [1.165, 1.54) is 0 Å². The Morgan fingerprint density at radius 2 is 1.70 bits per heavy atom. The number of halogens is 1. The lowest BCUT2D eigenvalue weighted by atomic mass is 10.2. The van der Waals surface area contributed by atoms with Crippen molar-refractivity contribution in [3.05, 3.63) is 118 Å². The van der Waals surface area contributed by atoms with Gasteiger partial charge in [-0.25, -0.2) is 5.43 Å². The average molecular weight is 458 g/mol. The van der Waals surface area contributed by atoms with Gasteiger partial charge in [0.05, 0.1) is 6.21 Å². The largest absolute Gasteiger partial charge is 0.489 e. The topological polar surface area (TPSA) is 55.6 Å². The smallest absolute Gasteiger partial charge is 0.271 e. The summed E-state index contributed by atoms with van der Waals surface area (Å²) in [6.07, 6.45) is 1.67. The highest BCUT2D eigenvalue weighted by molar-refractivity contribution is 6.31. The number of carbonyl (C=O) groups excluding carboxylic acids is 1. The van der Waals surface area contributed by atoms with Gasteiger partial charge in [0.25, 0.3) is 5.91 Å². The number of hydrogen-bond donors (Lipinski definition) is 1. The molecule has 0 aliphatic carbocycles. The highest BCUT2D eigenvalue weighted by atomic mass is 35.5. The van der Waals surface area contributed by atoms with Crippen LogP contribution in [0.25, 0.3) is 5.69 Å². The summed E-state index contributed by atoms with van der Waals surface area (Å²) in [7, 11) is 0. The Morgan fingerprint density at radius 3 is 2.42 bits per heavy atom. The maximum atomic E-state index is 12.2. The SMILES string of the molecule is Cc1cc(/C=N/NC(=O)c2ccccc2)c(C)n1-c1ccc(OCc2ccccc2Cl)cc1. The van der Waals surface area contributed by atoms with E-state index in [0.29, 0.717) is 17.2 Å². The van der Waals surface area contributed by atoms with E-state index in [1.807, 2.05) is 86.6 Å². The fourth-order valence-corrected chi connectivity index (χ4v) is 3.79. The molecule has 0 unspecified atom stereocenters. The average Bonchev–Trinajstić information content (AvgIpc) is 3.12. The van der Waals surface area contributed by atoms with E-state index in [1.54, 1.807) is 18.3 Å². The molecule has 0 bridgehead atoms. The number of nitrogens with one attached hydrogen (secondary N) is 1. The van der Waals surface area contributed by atoms with Crippen LogP contribution in [0.5, 0.6) is 5.75 Å². The molecule has 1 heterocycles. The van der Waals surface area contributed by atoms with Gasteiger partial charge in [0.2, 0.25) is 0 Å². The molecule has 3 aromatic carbocycles. The molecular formula is C27H24ClN3O2. The van der Waals surface area contributed by atoms with Crippen LogP contribution in [0.1, 0.15) is 32.9 Å². The van der Waals surface area contributed by atoms with Crippen LogP contribution in [-0.2, 0) is 6.61 Å². The molecule has 1 aromatic heterocycles. The Hall–Kier alpha value is -3.83. The molecule has 0 saturated heterocycles. The third kappa shape index (κ3) is 5.33. The van der Waals surface area contributed by atoms with Crippen LogP contribution in [0.2, 0.25) is 5.02 Å². The van der Waals surface area contributed by atoms with Crippen molar-refractivity contribution in [2.24, 2.45) is 5.10 Å². The van der Waals surface area contributed by atoms with Crippen molar-refractivity contribution in [1.82, 2.24) is 9.99 Å². The number of ether oxygens (including phenoxy) is 1. The summed E-state index contributed by atoms with van der Waals surface area (Å²) in [5, 5.41) is 4.83. The summed E-state index contributed by atoms with van der Waals surface area (Å²) in [4.78, 5) is 12.2. The molecular weight excluding hydrogens is 434 g/mol. The Balaban J connectivity index is 1.44. The third-order valence-electron chi connectivity index (χ3n) is 5.32. The van der Waals surface area contributed by atoms with Crippen LogP contribution >= 0.6 is 11.6 Å². The van der Waals surface area contributed by atoms with Crippen LogP contribution < -0.4 is 10.2 Å². The van der Waals surface area contributed by atoms with Crippen LogP contribution in [0.3, 0.4) is 0 Å². The predicted octanol–water partition coefficient (Wildman–Crippen LogP) is 6.09. The van der Waals surface area contributed by atoms with Gasteiger partial charge in [0, 0.05) is 38.8 Å². The number of aromatic nitrogens is 1. The van der Waals surface area contributed by atoms with Gasteiger partial charge in [-0.05, 0) is 62.4 Å². The van der Waals surface area contributed by atoms with Crippen molar-refractivity contribution in [3.8, 4) is 11.4 Å². The van der Waals surface area contributed by atoms with Crippen LogP contribution in [0.4, 0.5) is 0 Å². The van der Waals surface area contributed by atoms with Gasteiger partial charge in [-0.1, -0.05) is 48.0 Å². The van der Waals surface area contributed by atoms with Crippen LogP contribution in [0.15, 0.2) is 90.0 Å². The predicted molar refractivity (Wildman–Crippen MR) is 133 cm³/mol. The second-order valence-corrected chi connectivity index (χ2v) is 8.01. The minimum atomic E-state index is -0.243. The van der Waals surface area contributed by atoms with Gasteiger partial charge in [-0.3, -0.25) is 4.79 Å². The fourth-order valence-electron chi connectivity index (χ4n) is 3.60. The number of aryl methyl sites for hydroxylation is 1. The van der Waals surface area contributed by atoms with E-state index in [0.717, 1.165) is 34.0 Å². The molecule has 0 aliphatic heterocycles. The van der Waals surface area contributed by atoms with Crippen molar-refractivity contribution in [3.63, 3.8) is 0 Å². The third-order valence-corrected chi connectivity index (χ3v) is 5.69. The summed E-state index contributed by atoms with van der Waals surface area (Å²) < 4.78 is 8.02. The highest BCUT2D eigenvalue weighted by Gasteiger charge is 2.10. The summed E-state index contributed by atoms with van der Waals surface area (Å²) in [6, 6.07) is 26.6. The fraction of sp³-hybridized carbons (Fsp3) is 0.111. The molecule has 5 nitrogen and oxygen atoms in total. The van der Waals surface area contributed by atoms with Crippen molar-refractivity contribution in [1.29, 1.82) is 0 Å². The molecule has 4 rings (SSSR count). The molecule has 166 valence electrons. The van der Waals surface area contributed by atoms with Gasteiger partial charge in [-0.2, -0.15) is 5.10 Å². The minimum Gasteiger partial charge on any atom is -0.489 e. The van der Waals surface area contributed by atoms with Crippen molar-refractivity contribution < 1.29 is 9.53 Å². The minimum absolute atomic E-state index is 0.243. The zero-order chi connectivity index (χ0) is 23.2. The summed E-state index contributed by atoms with van der Waals surface area (Å²) >= 11 is 6.20. The molecule has 0 spiro atoms. The first-order chi connectivity index (χ1) is 16.0. The number of rotatable bonds is 7. The second-order valence-electron chi connectivity index (χ2n) is 7.60. The van der Waals surface area contributed by atoms with E-state index >= 15 is 0 Å². The molecule has 1 amide bonds. The van der Waals surface area contributed by atoms with Crippen LogP contribution in [0, 0.1) is 13.8 Å². The van der Waals surface area contributed by atoms with Crippen molar-refractivity contribution in [2.45, 2.75) is 20.5 Å². The number of hydrazone groups is 1. The Morgan fingerprint density at radius 1 is 1.00 bits per heavy atom. The van der Waals surface area contributed by atoms with Gasteiger partial charge >= 0.3 is 0 Å². The van der Waals surface area contributed by atoms with Crippen LogP contribution in [-0.4, -0.2) is 16.7 Å². The normalized spacial score (nSPS) is 11.0. The molecule has 1 N–H and O–H groups in total. The van der Waals surface area contributed by atoms with Gasteiger partial charge < -0.3 is 9.30 Å². The van der Waals surface area contributed by atoms with Gasteiger partial charge in [-0.15, -0.1) is 0 Å². The Kier molecular flexibility index (Phi) is 6.91. The summed E-state index contributed by atoms with van der Waals surface area (Å²) in [6.45, 7) is 4.47. The summed E-state index contributed by atoms with van der Waals surface area (Å²) in [5.74, 6) is 0.527. The number of hydrogen-bond acceptors (Lipinski definition) is 3. The quantitative estimate of drug-likeness (QED) is 0.269. The Bertz CT molecular complexity index is 1280. The van der Waals surface area contributed by atoms with E-state index in [9.17, 15) is 4.79 Å². The van der Waals surface area contributed by atoms with Crippen molar-refractivity contribution in [2.75, 3.05) is 0 Å². The lowest BCUT2D eigenvalue weighted by Crippen LogP contribution is -2.17. The second kappa shape index (κ2) is 10.2.